The lowest BCUT2D eigenvalue weighted by atomic mass is 9.91. The molecule has 0 aliphatic carbocycles. The van der Waals surface area contributed by atoms with Crippen LogP contribution in [0.2, 0.25) is 5.02 Å². The third-order valence-electron chi connectivity index (χ3n) is 8.91. The Bertz CT molecular complexity index is 1920. The zero-order valence-electron chi connectivity index (χ0n) is 27.1. The van der Waals surface area contributed by atoms with Crippen molar-refractivity contribution in [3.05, 3.63) is 71.0 Å². The van der Waals surface area contributed by atoms with Crippen LogP contribution in [0.5, 0.6) is 0 Å². The van der Waals surface area contributed by atoms with E-state index in [4.69, 9.17) is 17.3 Å². The molecule has 4 aromatic rings. The maximum absolute atomic E-state index is 13.9. The number of aliphatic hydroxyl groups excluding tert-OH is 1. The van der Waals surface area contributed by atoms with Gasteiger partial charge in [0.05, 0.1) is 66.5 Å². The summed E-state index contributed by atoms with van der Waals surface area (Å²) >= 11 is 6.45. The Balaban J connectivity index is 1.09. The van der Waals surface area contributed by atoms with Crippen LogP contribution >= 0.6 is 11.6 Å². The van der Waals surface area contributed by atoms with Gasteiger partial charge in [0.15, 0.2) is 17.3 Å². The number of likely N-dealkylation sites (N-methyl/N-ethyl adjacent to an activating group) is 1. The number of imidazole rings is 1. The number of carbonyl (C=O) groups is 3. The van der Waals surface area contributed by atoms with Crippen LogP contribution in [0.15, 0.2) is 48.9 Å². The van der Waals surface area contributed by atoms with E-state index in [1.54, 1.807) is 9.80 Å². The van der Waals surface area contributed by atoms with Crippen molar-refractivity contribution in [2.45, 2.75) is 18.7 Å². The fourth-order valence-electron chi connectivity index (χ4n) is 6.19. The number of halogens is 4. The van der Waals surface area contributed by atoms with Crippen LogP contribution in [-0.2, 0) is 11.0 Å². The highest BCUT2D eigenvalue weighted by Gasteiger charge is 2.41. The van der Waals surface area contributed by atoms with E-state index >= 15 is 0 Å². The zero-order valence-corrected chi connectivity index (χ0v) is 27.9. The van der Waals surface area contributed by atoms with Gasteiger partial charge in [0.2, 0.25) is 5.91 Å². The Morgan fingerprint density at radius 2 is 1.78 bits per heavy atom. The number of quaternary nitrogens is 1. The number of pyridine rings is 1. The summed E-state index contributed by atoms with van der Waals surface area (Å²) in [5, 5.41) is 16.9. The highest BCUT2D eigenvalue weighted by molar-refractivity contribution is 6.34. The van der Waals surface area contributed by atoms with Gasteiger partial charge in [-0.05, 0) is 30.3 Å². The predicted octanol–water partition coefficient (Wildman–Crippen LogP) is 2.91. The van der Waals surface area contributed by atoms with Crippen molar-refractivity contribution in [1.82, 2.24) is 34.5 Å². The molecule has 0 spiro atoms. The number of hydrogen-bond acceptors (Lipinski definition) is 8. The lowest BCUT2D eigenvalue weighted by molar-refractivity contribution is -0.899. The maximum atomic E-state index is 13.9. The lowest BCUT2D eigenvalue weighted by Gasteiger charge is -2.42. The number of nitrogens with one attached hydrogen (secondary N) is 2. The smallest absolute Gasteiger partial charge is 0.397 e. The number of benzene rings is 1. The zero-order chi connectivity index (χ0) is 36.0. The van der Waals surface area contributed by atoms with Crippen LogP contribution in [0.4, 0.5) is 24.5 Å². The van der Waals surface area contributed by atoms with Crippen LogP contribution in [0.25, 0.3) is 17.1 Å². The predicted molar refractivity (Wildman–Crippen MR) is 176 cm³/mol. The molecule has 3 amide bonds. The first-order valence-electron chi connectivity index (χ1n) is 15.7. The van der Waals surface area contributed by atoms with Crippen molar-refractivity contribution in [2.75, 3.05) is 64.4 Å². The molecule has 1 aromatic carbocycles. The van der Waals surface area contributed by atoms with Crippen molar-refractivity contribution >= 4 is 40.7 Å². The average Bonchev–Trinajstić information content (AvgIpc) is 3.73. The molecule has 0 unspecified atom stereocenters. The standard InChI is InChI=1S/C32H34ClF3N10O4/c1-46(2)12-7-21(25(47)17-46)31(50)44-10-8-43(9-11-44)30(49)20-5-4-19(13-23(20)33)40-29(48)28-39-15-24(41-28)22-16-45(42-27(22)32(34,35)36)26-6-3-18(37)14-38-26/h3-6,13-16,21,25,47H,7-12,17,37H2,1-2H3,(H-,39,40,41,48,49)/p+1/t21-,25-/m0/s1. The molecule has 6 rings (SSSR count). The highest BCUT2D eigenvalue weighted by atomic mass is 35.5. The second-order valence-electron chi connectivity index (χ2n) is 13.0. The molecule has 2 aliphatic rings. The highest BCUT2D eigenvalue weighted by Crippen LogP contribution is 2.36. The number of rotatable bonds is 6. The minimum Gasteiger partial charge on any atom is -0.397 e. The van der Waals surface area contributed by atoms with Gasteiger partial charge in [0.25, 0.3) is 11.8 Å². The van der Waals surface area contributed by atoms with Crippen LogP contribution < -0.4 is 11.1 Å². The largest absolute Gasteiger partial charge is 0.435 e. The summed E-state index contributed by atoms with van der Waals surface area (Å²) in [6.45, 7) is 2.53. The lowest BCUT2D eigenvalue weighted by Crippen LogP contribution is -2.58. The van der Waals surface area contributed by atoms with E-state index in [2.05, 4.69) is 25.4 Å². The van der Waals surface area contributed by atoms with Gasteiger partial charge in [-0.3, -0.25) is 14.4 Å². The van der Waals surface area contributed by atoms with Gasteiger partial charge in [-0.15, -0.1) is 0 Å². The van der Waals surface area contributed by atoms with Crippen molar-refractivity contribution in [2.24, 2.45) is 5.92 Å². The number of carbonyl (C=O) groups excluding carboxylic acids is 3. The maximum Gasteiger partial charge on any atom is 0.435 e. The molecule has 50 heavy (non-hydrogen) atoms. The summed E-state index contributed by atoms with van der Waals surface area (Å²) in [6, 6.07) is 7.19. The number of nitrogen functional groups attached to an aromatic ring is 1. The topological polar surface area (TPSA) is 175 Å². The second kappa shape index (κ2) is 13.4. The number of H-pyrrole nitrogens is 1. The number of hydrogen-bond donors (Lipinski definition) is 4. The van der Waals surface area contributed by atoms with Gasteiger partial charge in [0.1, 0.15) is 12.6 Å². The summed E-state index contributed by atoms with van der Waals surface area (Å²) in [6.07, 6.45) is -1.46. The minimum absolute atomic E-state index is 0.0658. The number of piperazine rings is 1. The molecule has 2 fully saturated rings. The van der Waals surface area contributed by atoms with Crippen molar-refractivity contribution in [3.8, 4) is 17.1 Å². The summed E-state index contributed by atoms with van der Waals surface area (Å²) in [5.74, 6) is -1.84. The minimum atomic E-state index is -4.82. The molecule has 0 saturated carbocycles. The SMILES string of the molecule is C[N+]1(C)CC[C@H](C(=O)N2CCN(C(=O)c3ccc(NC(=O)c4ncc(-c5cn(-c6ccc(N)cn6)nc5C(F)(F)F)[nH]4)cc3Cl)CC2)[C@@H](O)C1. The molecule has 0 bridgehead atoms. The number of nitrogens with zero attached hydrogens (tertiary/aromatic N) is 7. The first-order chi connectivity index (χ1) is 23.6. The molecule has 3 aromatic heterocycles. The van der Waals surface area contributed by atoms with E-state index in [-0.39, 0.29) is 64.1 Å². The molecule has 14 nitrogen and oxygen atoms in total. The molecule has 2 atom stereocenters. The molecule has 5 heterocycles. The van der Waals surface area contributed by atoms with Crippen LogP contribution in [-0.4, -0.2) is 121 Å². The van der Waals surface area contributed by atoms with Crippen molar-refractivity contribution in [1.29, 1.82) is 0 Å². The van der Waals surface area contributed by atoms with Gasteiger partial charge in [0, 0.05) is 44.5 Å². The number of alkyl halides is 3. The second-order valence-corrected chi connectivity index (χ2v) is 13.4. The fraction of sp³-hybridized carbons (Fsp3) is 0.375. The number of amides is 3. The summed E-state index contributed by atoms with van der Waals surface area (Å²) in [5.41, 5.74) is 4.69. The van der Waals surface area contributed by atoms with Gasteiger partial charge < -0.3 is 35.4 Å². The molecular formula is C32H35ClF3N10O4+. The van der Waals surface area contributed by atoms with Gasteiger partial charge in [-0.25, -0.2) is 14.6 Å². The van der Waals surface area contributed by atoms with Gasteiger partial charge >= 0.3 is 6.18 Å². The Morgan fingerprint density at radius 1 is 1.06 bits per heavy atom. The van der Waals surface area contributed by atoms with Crippen LogP contribution in [0.1, 0.15) is 33.1 Å². The summed E-state index contributed by atoms with van der Waals surface area (Å²) in [4.78, 5) is 53.3. The Hall–Kier alpha value is -5.00. The normalized spacial score (nSPS) is 19.3. The summed E-state index contributed by atoms with van der Waals surface area (Å²) < 4.78 is 43.3. The Labute approximate surface area is 289 Å². The number of aromatic nitrogens is 5. The number of piperidine rings is 1. The van der Waals surface area contributed by atoms with E-state index in [1.165, 1.54) is 36.5 Å². The monoisotopic (exact) mass is 715 g/mol. The molecular weight excluding hydrogens is 681 g/mol. The van der Waals surface area contributed by atoms with Crippen LogP contribution in [0, 0.1) is 5.92 Å². The van der Waals surface area contributed by atoms with E-state index in [9.17, 15) is 32.7 Å². The third-order valence-corrected chi connectivity index (χ3v) is 9.23. The number of nitrogens with two attached hydrogens (primary N) is 1. The first kappa shape index (κ1) is 34.8. The van der Waals surface area contributed by atoms with Gasteiger partial charge in [-0.2, -0.15) is 18.3 Å². The van der Waals surface area contributed by atoms with E-state index in [0.29, 0.717) is 36.2 Å². The number of anilines is 2. The molecule has 2 aliphatic heterocycles. The van der Waals surface area contributed by atoms with E-state index < -0.39 is 29.8 Å². The van der Waals surface area contributed by atoms with E-state index in [0.717, 1.165) is 23.6 Å². The quantitative estimate of drug-likeness (QED) is 0.221. The third kappa shape index (κ3) is 7.29. The number of aliphatic hydroxyl groups is 1. The molecule has 2 saturated heterocycles. The first-order valence-corrected chi connectivity index (χ1v) is 16.1. The molecule has 0 radical (unpaired) electrons. The summed E-state index contributed by atoms with van der Waals surface area (Å²) in [7, 11) is 4.04. The van der Waals surface area contributed by atoms with E-state index in [1.807, 2.05) is 14.1 Å². The molecule has 264 valence electrons. The fourth-order valence-corrected chi connectivity index (χ4v) is 6.45. The van der Waals surface area contributed by atoms with Crippen molar-refractivity contribution < 1.29 is 37.1 Å². The van der Waals surface area contributed by atoms with Crippen LogP contribution in [0.3, 0.4) is 0 Å². The van der Waals surface area contributed by atoms with Crippen molar-refractivity contribution in [3.63, 3.8) is 0 Å². The number of likely N-dealkylation sites (tertiary alicyclic amines) is 1. The van der Waals surface area contributed by atoms with Gasteiger partial charge in [-0.1, -0.05) is 11.6 Å². The molecule has 18 heteroatoms. The number of aromatic amines is 1. The Kier molecular flexibility index (Phi) is 9.32. The Morgan fingerprint density at radius 3 is 2.42 bits per heavy atom. The average molecular weight is 716 g/mol. The molecule has 5 N–H and O–H groups in total.